The second-order valence-electron chi connectivity index (χ2n) is 4.98. The Hall–Kier alpha value is -0.840. The van der Waals surface area contributed by atoms with Gasteiger partial charge in [0.1, 0.15) is 4.99 Å². The SMILES string of the molecule is COC1CN(c2cccc(Cl)c2C(N)=S)CCC1C. The molecule has 1 heterocycles. The van der Waals surface area contributed by atoms with Gasteiger partial charge in [-0.3, -0.25) is 0 Å². The van der Waals surface area contributed by atoms with Crippen LogP contribution in [0.1, 0.15) is 18.9 Å². The third kappa shape index (κ3) is 3.02. The summed E-state index contributed by atoms with van der Waals surface area (Å²) in [6.07, 6.45) is 1.31. The predicted octanol–water partition coefficient (Wildman–Crippen LogP) is 2.84. The number of rotatable bonds is 3. The molecule has 0 aliphatic carbocycles. The fourth-order valence-electron chi connectivity index (χ4n) is 2.58. The number of hydrogen-bond donors (Lipinski definition) is 1. The van der Waals surface area contributed by atoms with Gasteiger partial charge in [0.05, 0.1) is 16.7 Å². The molecule has 1 saturated heterocycles. The topological polar surface area (TPSA) is 38.5 Å². The lowest BCUT2D eigenvalue weighted by molar-refractivity contribution is 0.0498. The summed E-state index contributed by atoms with van der Waals surface area (Å²) in [4.78, 5) is 2.60. The number of anilines is 1. The highest BCUT2D eigenvalue weighted by Gasteiger charge is 2.27. The molecule has 5 heteroatoms. The maximum Gasteiger partial charge on any atom is 0.107 e. The van der Waals surface area contributed by atoms with Crippen LogP contribution in [-0.2, 0) is 4.74 Å². The molecule has 2 N–H and O–H groups in total. The standard InChI is InChI=1S/C14H19ClN2OS/c1-9-6-7-17(8-12(9)18-2)11-5-3-4-10(15)13(11)14(16)19/h3-5,9,12H,6-8H2,1-2H3,(H2,16,19). The van der Waals surface area contributed by atoms with Crippen LogP contribution < -0.4 is 10.6 Å². The van der Waals surface area contributed by atoms with Gasteiger partial charge >= 0.3 is 0 Å². The molecule has 0 amide bonds. The predicted molar refractivity (Wildman–Crippen MR) is 84.1 cm³/mol. The van der Waals surface area contributed by atoms with Crippen molar-refractivity contribution in [3.8, 4) is 0 Å². The largest absolute Gasteiger partial charge is 0.389 e. The third-order valence-electron chi connectivity index (χ3n) is 3.77. The highest BCUT2D eigenvalue weighted by molar-refractivity contribution is 7.80. The molecule has 2 atom stereocenters. The van der Waals surface area contributed by atoms with Gasteiger partial charge in [-0.05, 0) is 24.5 Å². The molecule has 1 aliphatic rings. The molecule has 2 rings (SSSR count). The van der Waals surface area contributed by atoms with E-state index >= 15 is 0 Å². The number of benzene rings is 1. The van der Waals surface area contributed by atoms with Crippen molar-refractivity contribution in [3.63, 3.8) is 0 Å². The lowest BCUT2D eigenvalue weighted by atomic mass is 9.95. The number of hydrogen-bond acceptors (Lipinski definition) is 3. The van der Waals surface area contributed by atoms with E-state index in [9.17, 15) is 0 Å². The van der Waals surface area contributed by atoms with Crippen LogP contribution in [0, 0.1) is 5.92 Å². The monoisotopic (exact) mass is 298 g/mol. The second-order valence-corrected chi connectivity index (χ2v) is 5.83. The molecular weight excluding hydrogens is 280 g/mol. The van der Waals surface area contributed by atoms with Crippen molar-refractivity contribution in [2.75, 3.05) is 25.1 Å². The van der Waals surface area contributed by atoms with Crippen molar-refractivity contribution >= 4 is 34.5 Å². The van der Waals surface area contributed by atoms with Gasteiger partial charge in [0.2, 0.25) is 0 Å². The molecule has 1 aromatic carbocycles. The lowest BCUT2D eigenvalue weighted by Gasteiger charge is -2.38. The van der Waals surface area contributed by atoms with E-state index in [4.69, 9.17) is 34.3 Å². The van der Waals surface area contributed by atoms with Crippen molar-refractivity contribution in [2.24, 2.45) is 11.7 Å². The van der Waals surface area contributed by atoms with Crippen LogP contribution in [0.25, 0.3) is 0 Å². The molecule has 0 radical (unpaired) electrons. The van der Waals surface area contributed by atoms with Gasteiger partial charge in [-0.1, -0.05) is 36.8 Å². The minimum absolute atomic E-state index is 0.229. The van der Waals surface area contributed by atoms with E-state index in [2.05, 4.69) is 11.8 Å². The summed E-state index contributed by atoms with van der Waals surface area (Å²) >= 11 is 11.3. The number of nitrogens with two attached hydrogens (primary N) is 1. The summed E-state index contributed by atoms with van der Waals surface area (Å²) in [5.74, 6) is 0.564. The minimum Gasteiger partial charge on any atom is -0.389 e. The Morgan fingerprint density at radius 2 is 2.26 bits per heavy atom. The summed E-state index contributed by atoms with van der Waals surface area (Å²) in [5, 5.41) is 0.609. The average Bonchev–Trinajstić information content (AvgIpc) is 2.38. The smallest absolute Gasteiger partial charge is 0.107 e. The Kier molecular flexibility index (Phi) is 4.66. The molecule has 0 saturated carbocycles. The molecule has 19 heavy (non-hydrogen) atoms. The van der Waals surface area contributed by atoms with Crippen molar-refractivity contribution in [2.45, 2.75) is 19.4 Å². The first-order valence-electron chi connectivity index (χ1n) is 6.40. The number of piperidine rings is 1. The van der Waals surface area contributed by atoms with E-state index in [1.54, 1.807) is 7.11 Å². The first kappa shape index (κ1) is 14.6. The van der Waals surface area contributed by atoms with Gasteiger partial charge in [-0.15, -0.1) is 0 Å². The quantitative estimate of drug-likeness (QED) is 0.871. The van der Waals surface area contributed by atoms with E-state index < -0.39 is 0 Å². The molecule has 0 aromatic heterocycles. The summed E-state index contributed by atoms with van der Waals surface area (Å²) in [7, 11) is 1.76. The number of ether oxygens (including phenoxy) is 1. The molecule has 1 fully saturated rings. The first-order valence-corrected chi connectivity index (χ1v) is 7.19. The number of thiocarbonyl (C=S) groups is 1. The van der Waals surface area contributed by atoms with Crippen LogP contribution in [0.4, 0.5) is 5.69 Å². The number of halogens is 1. The zero-order chi connectivity index (χ0) is 14.0. The van der Waals surface area contributed by atoms with Gasteiger partial charge < -0.3 is 15.4 Å². The zero-order valence-electron chi connectivity index (χ0n) is 11.2. The highest BCUT2D eigenvalue weighted by Crippen LogP contribution is 2.31. The van der Waals surface area contributed by atoms with Gasteiger partial charge in [0.25, 0.3) is 0 Å². The second kappa shape index (κ2) is 6.07. The molecule has 1 aromatic rings. The van der Waals surface area contributed by atoms with E-state index in [0.717, 1.165) is 30.8 Å². The van der Waals surface area contributed by atoms with Crippen molar-refractivity contribution in [1.82, 2.24) is 0 Å². The maximum absolute atomic E-state index is 6.22. The Morgan fingerprint density at radius 1 is 1.53 bits per heavy atom. The Morgan fingerprint density at radius 3 is 2.89 bits per heavy atom. The lowest BCUT2D eigenvalue weighted by Crippen LogP contribution is -2.44. The fraction of sp³-hybridized carbons (Fsp3) is 0.500. The van der Waals surface area contributed by atoms with Crippen LogP contribution in [0.15, 0.2) is 18.2 Å². The van der Waals surface area contributed by atoms with Crippen LogP contribution in [0.3, 0.4) is 0 Å². The molecule has 1 aliphatic heterocycles. The molecule has 2 unspecified atom stereocenters. The Labute approximate surface area is 124 Å². The van der Waals surface area contributed by atoms with Gasteiger partial charge in [0.15, 0.2) is 0 Å². The van der Waals surface area contributed by atoms with E-state index in [0.29, 0.717) is 15.9 Å². The molecule has 3 nitrogen and oxygen atoms in total. The van der Waals surface area contributed by atoms with Crippen LogP contribution in [-0.4, -0.2) is 31.3 Å². The first-order chi connectivity index (χ1) is 9.04. The van der Waals surface area contributed by atoms with Gasteiger partial charge in [0, 0.05) is 25.9 Å². The molecular formula is C14H19ClN2OS. The third-order valence-corrected chi connectivity index (χ3v) is 4.29. The number of methoxy groups -OCH3 is 1. The normalized spacial score (nSPS) is 23.4. The zero-order valence-corrected chi connectivity index (χ0v) is 12.8. The highest BCUT2D eigenvalue weighted by atomic mass is 35.5. The number of nitrogens with zero attached hydrogens (tertiary/aromatic N) is 1. The maximum atomic E-state index is 6.22. The summed E-state index contributed by atoms with van der Waals surface area (Å²) in [5.41, 5.74) is 7.58. The molecule has 0 bridgehead atoms. The average molecular weight is 299 g/mol. The molecule has 104 valence electrons. The molecule has 0 spiro atoms. The van der Waals surface area contributed by atoms with Crippen LogP contribution in [0.2, 0.25) is 5.02 Å². The summed E-state index contributed by atoms with van der Waals surface area (Å²) < 4.78 is 5.55. The summed E-state index contributed by atoms with van der Waals surface area (Å²) in [6.45, 7) is 4.03. The van der Waals surface area contributed by atoms with Crippen LogP contribution in [0.5, 0.6) is 0 Å². The van der Waals surface area contributed by atoms with Gasteiger partial charge in [-0.2, -0.15) is 0 Å². The van der Waals surface area contributed by atoms with Crippen LogP contribution >= 0.6 is 23.8 Å². The van der Waals surface area contributed by atoms with E-state index in [1.165, 1.54) is 0 Å². The summed E-state index contributed by atoms with van der Waals surface area (Å²) in [6, 6.07) is 5.77. The Balaban J connectivity index is 2.32. The van der Waals surface area contributed by atoms with Crippen molar-refractivity contribution in [3.05, 3.63) is 28.8 Å². The van der Waals surface area contributed by atoms with Crippen molar-refractivity contribution < 1.29 is 4.74 Å². The Bertz CT molecular complexity index is 481. The van der Waals surface area contributed by atoms with Crippen molar-refractivity contribution in [1.29, 1.82) is 0 Å². The van der Waals surface area contributed by atoms with E-state index in [-0.39, 0.29) is 6.10 Å². The van der Waals surface area contributed by atoms with E-state index in [1.807, 2.05) is 18.2 Å². The minimum atomic E-state index is 0.229. The fourth-order valence-corrected chi connectivity index (χ4v) is 3.12. The van der Waals surface area contributed by atoms with Gasteiger partial charge in [-0.25, -0.2) is 0 Å².